The van der Waals surface area contributed by atoms with Crippen molar-refractivity contribution in [1.29, 1.82) is 0 Å². The number of alkyl halides is 1. The number of allylic oxidation sites excluding steroid dienone is 3. The van der Waals surface area contributed by atoms with Crippen molar-refractivity contribution in [2.45, 2.75) is 13.5 Å². The Hall–Kier alpha value is -1.39. The summed E-state index contributed by atoms with van der Waals surface area (Å²) in [6, 6.07) is 2.04. The molecular formula is C13H13ClF2O2. The summed E-state index contributed by atoms with van der Waals surface area (Å²) in [6.45, 7) is 1.31. The van der Waals surface area contributed by atoms with Crippen LogP contribution in [0.3, 0.4) is 0 Å². The highest BCUT2D eigenvalue weighted by molar-refractivity contribution is 6.18. The summed E-state index contributed by atoms with van der Waals surface area (Å²) in [5.41, 5.74) is 0.145. The molecule has 0 radical (unpaired) electrons. The van der Waals surface area contributed by atoms with E-state index in [1.807, 2.05) is 0 Å². The second-order valence-electron chi connectivity index (χ2n) is 3.41. The maximum Gasteiger partial charge on any atom is 0.198 e. The van der Waals surface area contributed by atoms with E-state index in [9.17, 15) is 8.78 Å². The van der Waals surface area contributed by atoms with Gasteiger partial charge in [0.25, 0.3) is 0 Å². The van der Waals surface area contributed by atoms with Crippen LogP contribution in [-0.2, 0) is 6.61 Å². The Bertz CT molecular complexity index is 447. The van der Waals surface area contributed by atoms with Gasteiger partial charge in [0.1, 0.15) is 5.76 Å². The van der Waals surface area contributed by atoms with Gasteiger partial charge in [0.15, 0.2) is 17.4 Å². The van der Waals surface area contributed by atoms with Gasteiger partial charge in [-0.15, -0.1) is 11.6 Å². The molecule has 1 rings (SSSR count). The first-order chi connectivity index (χ1) is 8.62. The summed E-state index contributed by atoms with van der Waals surface area (Å²) in [5, 5.41) is 8.81. The van der Waals surface area contributed by atoms with Crippen molar-refractivity contribution in [2.24, 2.45) is 0 Å². The van der Waals surface area contributed by atoms with Crippen LogP contribution in [0.1, 0.15) is 12.5 Å². The number of halogens is 3. The number of benzene rings is 1. The van der Waals surface area contributed by atoms with Crippen LogP contribution < -0.4 is 4.74 Å². The van der Waals surface area contributed by atoms with Gasteiger partial charge in [-0.2, -0.15) is 0 Å². The zero-order valence-corrected chi connectivity index (χ0v) is 10.5. The Kier molecular flexibility index (Phi) is 5.82. The smallest absolute Gasteiger partial charge is 0.198 e. The largest absolute Gasteiger partial charge is 0.451 e. The van der Waals surface area contributed by atoms with E-state index < -0.39 is 24.0 Å². The Labute approximate surface area is 109 Å². The third-order valence-electron chi connectivity index (χ3n) is 2.07. The number of ether oxygens (including phenoxy) is 1. The molecule has 98 valence electrons. The predicted octanol–water partition coefficient (Wildman–Crippen LogP) is 3.53. The molecule has 1 N–H and O–H groups in total. The highest BCUT2D eigenvalue weighted by atomic mass is 35.5. The quantitative estimate of drug-likeness (QED) is 0.506. The zero-order chi connectivity index (χ0) is 13.5. The number of rotatable bonds is 5. The van der Waals surface area contributed by atoms with Gasteiger partial charge in [0.2, 0.25) is 0 Å². The third-order valence-corrected chi connectivity index (χ3v) is 2.22. The summed E-state index contributed by atoms with van der Waals surface area (Å²) < 4.78 is 32.3. The van der Waals surface area contributed by atoms with E-state index in [0.717, 1.165) is 12.1 Å². The van der Waals surface area contributed by atoms with Crippen LogP contribution in [0.2, 0.25) is 0 Å². The van der Waals surface area contributed by atoms with Crippen molar-refractivity contribution in [3.63, 3.8) is 0 Å². The van der Waals surface area contributed by atoms with E-state index in [1.54, 1.807) is 19.1 Å². The second-order valence-corrected chi connectivity index (χ2v) is 3.72. The minimum atomic E-state index is -0.871. The van der Waals surface area contributed by atoms with Crippen LogP contribution >= 0.6 is 11.6 Å². The van der Waals surface area contributed by atoms with E-state index in [0.29, 0.717) is 0 Å². The molecule has 0 aliphatic heterocycles. The summed E-state index contributed by atoms with van der Waals surface area (Å²) >= 11 is 5.51. The number of hydrogen-bond acceptors (Lipinski definition) is 2. The number of aliphatic hydroxyl groups excluding tert-OH is 1. The molecule has 0 bridgehead atoms. The normalized spacial score (nSPS) is 12.2. The van der Waals surface area contributed by atoms with Crippen molar-refractivity contribution in [2.75, 3.05) is 5.88 Å². The van der Waals surface area contributed by atoms with E-state index in [4.69, 9.17) is 21.4 Å². The standard InChI is InChI=1S/C13H13ClF2O2/c1-2-3-10(4-5-14)18-13-11(15)6-9(8-17)7-12(13)16/h2-4,6-7,17H,5,8H2,1H3/b3-2-,10-4+. The third kappa shape index (κ3) is 3.82. The fourth-order valence-corrected chi connectivity index (χ4v) is 1.46. The Morgan fingerprint density at radius 3 is 2.44 bits per heavy atom. The van der Waals surface area contributed by atoms with E-state index >= 15 is 0 Å². The summed E-state index contributed by atoms with van der Waals surface area (Å²) in [5.74, 6) is -1.84. The van der Waals surface area contributed by atoms with Gasteiger partial charge >= 0.3 is 0 Å². The average molecular weight is 275 g/mol. The molecule has 0 atom stereocenters. The fourth-order valence-electron chi connectivity index (χ4n) is 1.30. The second kappa shape index (κ2) is 7.13. The molecule has 1 aromatic carbocycles. The van der Waals surface area contributed by atoms with Crippen LogP contribution in [0.25, 0.3) is 0 Å². The lowest BCUT2D eigenvalue weighted by molar-refractivity contribution is 0.279. The first-order valence-corrected chi connectivity index (χ1v) is 5.81. The molecule has 0 aliphatic carbocycles. The van der Waals surface area contributed by atoms with Gasteiger partial charge < -0.3 is 9.84 Å². The topological polar surface area (TPSA) is 29.5 Å². The van der Waals surface area contributed by atoms with Gasteiger partial charge in [-0.05, 0) is 36.8 Å². The maximum absolute atomic E-state index is 13.6. The van der Waals surface area contributed by atoms with Gasteiger partial charge in [0, 0.05) is 5.88 Å². The molecule has 0 amide bonds. The van der Waals surface area contributed by atoms with E-state index in [-0.39, 0.29) is 17.2 Å². The molecule has 1 aromatic rings. The molecule has 0 spiro atoms. The van der Waals surface area contributed by atoms with Gasteiger partial charge in [-0.3, -0.25) is 0 Å². The van der Waals surface area contributed by atoms with E-state index in [2.05, 4.69) is 0 Å². The summed E-state index contributed by atoms with van der Waals surface area (Å²) in [7, 11) is 0. The minimum absolute atomic E-state index is 0.145. The average Bonchev–Trinajstić information content (AvgIpc) is 2.33. The van der Waals surface area contributed by atoms with Gasteiger partial charge in [0.05, 0.1) is 6.61 Å². The molecule has 0 saturated heterocycles. The molecule has 2 nitrogen and oxygen atoms in total. The van der Waals surface area contributed by atoms with Crippen molar-refractivity contribution >= 4 is 11.6 Å². The van der Waals surface area contributed by atoms with E-state index in [1.165, 1.54) is 6.08 Å². The Morgan fingerprint density at radius 1 is 1.39 bits per heavy atom. The van der Waals surface area contributed by atoms with Crippen LogP contribution in [0.5, 0.6) is 5.75 Å². The molecule has 18 heavy (non-hydrogen) atoms. The van der Waals surface area contributed by atoms with Gasteiger partial charge in [-0.25, -0.2) is 8.78 Å². The molecule has 0 heterocycles. The zero-order valence-electron chi connectivity index (χ0n) is 9.79. The van der Waals surface area contributed by atoms with Crippen LogP contribution in [0, 0.1) is 11.6 Å². The molecule has 5 heteroatoms. The van der Waals surface area contributed by atoms with Crippen LogP contribution in [0.4, 0.5) is 8.78 Å². The van der Waals surface area contributed by atoms with Crippen LogP contribution in [0.15, 0.2) is 36.1 Å². The van der Waals surface area contributed by atoms with Crippen LogP contribution in [-0.4, -0.2) is 11.0 Å². The van der Waals surface area contributed by atoms with Crippen molar-refractivity contribution in [1.82, 2.24) is 0 Å². The number of aliphatic hydroxyl groups is 1. The molecule has 0 saturated carbocycles. The predicted molar refractivity (Wildman–Crippen MR) is 66.5 cm³/mol. The lowest BCUT2D eigenvalue weighted by Gasteiger charge is -2.09. The maximum atomic E-state index is 13.6. The number of hydrogen-bond donors (Lipinski definition) is 1. The molecule has 0 aromatic heterocycles. The lowest BCUT2D eigenvalue weighted by Crippen LogP contribution is -2.00. The van der Waals surface area contributed by atoms with Gasteiger partial charge in [-0.1, -0.05) is 6.08 Å². The van der Waals surface area contributed by atoms with Crippen molar-refractivity contribution < 1.29 is 18.6 Å². The monoisotopic (exact) mass is 274 g/mol. The highest BCUT2D eigenvalue weighted by Gasteiger charge is 2.13. The first kappa shape index (κ1) is 14.7. The SMILES string of the molecule is C/C=C\C(=C/CCl)Oc1c(F)cc(CO)cc1F. The Balaban J connectivity index is 3.07. The minimum Gasteiger partial charge on any atom is -0.451 e. The summed E-state index contributed by atoms with van der Waals surface area (Å²) in [4.78, 5) is 0. The summed E-state index contributed by atoms with van der Waals surface area (Å²) in [6.07, 6.45) is 4.69. The molecule has 0 aliphatic rings. The Morgan fingerprint density at radius 2 is 2.00 bits per heavy atom. The van der Waals surface area contributed by atoms with Crippen molar-refractivity contribution in [3.8, 4) is 5.75 Å². The highest BCUT2D eigenvalue weighted by Crippen LogP contribution is 2.25. The fraction of sp³-hybridized carbons (Fsp3) is 0.231. The first-order valence-electron chi connectivity index (χ1n) is 5.27. The van der Waals surface area contributed by atoms with Crippen molar-refractivity contribution in [3.05, 3.63) is 53.3 Å². The molecular weight excluding hydrogens is 262 g/mol. The lowest BCUT2D eigenvalue weighted by atomic mass is 10.2. The molecule has 0 unspecified atom stereocenters. The molecule has 0 fully saturated rings.